The number of halogens is 1. The minimum absolute atomic E-state index is 0.453. The maximum absolute atomic E-state index is 11.4. The van der Waals surface area contributed by atoms with Crippen molar-refractivity contribution < 1.29 is 4.73 Å². The predicted octanol–water partition coefficient (Wildman–Crippen LogP) is 2.53. The van der Waals surface area contributed by atoms with Crippen molar-refractivity contribution in [2.45, 2.75) is 25.3 Å². The maximum atomic E-state index is 11.4. The topological polar surface area (TPSA) is 60.4 Å². The van der Waals surface area contributed by atoms with Crippen LogP contribution in [0, 0.1) is 5.21 Å². The highest BCUT2D eigenvalue weighted by molar-refractivity contribution is 6.29. The van der Waals surface area contributed by atoms with Gasteiger partial charge in [0.2, 0.25) is 0 Å². The van der Waals surface area contributed by atoms with Crippen molar-refractivity contribution in [3.8, 4) is 0 Å². The molecule has 23 heavy (non-hydrogen) atoms. The van der Waals surface area contributed by atoms with Gasteiger partial charge in [-0.15, -0.1) is 0 Å². The molecule has 1 fully saturated rings. The molecule has 3 aromatic rings. The molecule has 1 aliphatic carbocycles. The van der Waals surface area contributed by atoms with Gasteiger partial charge in [-0.25, -0.2) is 4.98 Å². The Hall–Kier alpha value is -2.34. The summed E-state index contributed by atoms with van der Waals surface area (Å²) in [4.78, 5) is 6.46. The van der Waals surface area contributed by atoms with E-state index in [0.29, 0.717) is 17.6 Å². The SMILES string of the molecule is CN(Cc1ccc[n+]([O-])c1)c1cc(Cl)nc2c(C3CC3)cnn12. The van der Waals surface area contributed by atoms with Crippen molar-refractivity contribution in [3.05, 3.63) is 58.3 Å². The first-order valence-corrected chi connectivity index (χ1v) is 7.92. The van der Waals surface area contributed by atoms with Gasteiger partial charge < -0.3 is 10.1 Å². The maximum Gasteiger partial charge on any atom is 0.185 e. The van der Waals surface area contributed by atoms with Crippen LogP contribution in [0.25, 0.3) is 5.65 Å². The van der Waals surface area contributed by atoms with Crippen molar-refractivity contribution >= 4 is 23.1 Å². The quantitative estimate of drug-likeness (QED) is 0.419. The third-order valence-corrected chi connectivity index (χ3v) is 4.31. The number of fused-ring (bicyclic) bond motifs is 1. The summed E-state index contributed by atoms with van der Waals surface area (Å²) in [5, 5.41) is 16.4. The zero-order valence-corrected chi connectivity index (χ0v) is 13.4. The second kappa shape index (κ2) is 5.38. The molecule has 7 heteroatoms. The average Bonchev–Trinajstić information content (AvgIpc) is 3.26. The van der Waals surface area contributed by atoms with E-state index in [2.05, 4.69) is 10.1 Å². The number of hydrogen-bond acceptors (Lipinski definition) is 4. The molecule has 0 amide bonds. The number of hydrogen-bond donors (Lipinski definition) is 0. The first-order valence-electron chi connectivity index (χ1n) is 7.55. The second-order valence-electron chi connectivity index (χ2n) is 5.97. The van der Waals surface area contributed by atoms with Crippen LogP contribution in [-0.4, -0.2) is 21.6 Å². The van der Waals surface area contributed by atoms with Gasteiger partial charge in [-0.05, 0) is 24.8 Å². The van der Waals surface area contributed by atoms with Gasteiger partial charge in [-0.1, -0.05) is 11.6 Å². The van der Waals surface area contributed by atoms with E-state index >= 15 is 0 Å². The molecule has 6 nitrogen and oxygen atoms in total. The van der Waals surface area contributed by atoms with Crippen LogP contribution in [0.4, 0.5) is 5.82 Å². The van der Waals surface area contributed by atoms with Crippen LogP contribution in [0.15, 0.2) is 36.8 Å². The molecular weight excluding hydrogens is 314 g/mol. The number of rotatable bonds is 4. The normalized spacial score (nSPS) is 14.3. The smallest absolute Gasteiger partial charge is 0.185 e. The zero-order valence-electron chi connectivity index (χ0n) is 12.7. The lowest BCUT2D eigenvalue weighted by Gasteiger charge is -2.20. The van der Waals surface area contributed by atoms with Crippen LogP contribution < -0.4 is 9.63 Å². The second-order valence-corrected chi connectivity index (χ2v) is 6.36. The Morgan fingerprint density at radius 2 is 2.30 bits per heavy atom. The van der Waals surface area contributed by atoms with Gasteiger partial charge in [-0.3, -0.25) is 0 Å². The fraction of sp³-hybridized carbons (Fsp3) is 0.312. The van der Waals surface area contributed by atoms with Gasteiger partial charge >= 0.3 is 0 Å². The summed E-state index contributed by atoms with van der Waals surface area (Å²) in [5.74, 6) is 1.42. The molecule has 1 aliphatic rings. The third kappa shape index (κ3) is 2.70. The van der Waals surface area contributed by atoms with Crippen LogP contribution in [0.5, 0.6) is 0 Å². The molecular formula is C16H16ClN5O. The number of nitrogens with zero attached hydrogens (tertiary/aromatic N) is 5. The molecule has 0 atom stereocenters. The first-order chi connectivity index (χ1) is 11.1. The van der Waals surface area contributed by atoms with Gasteiger partial charge in [0.05, 0.1) is 6.20 Å². The van der Waals surface area contributed by atoms with Crippen LogP contribution >= 0.6 is 11.6 Å². The summed E-state index contributed by atoms with van der Waals surface area (Å²) in [7, 11) is 1.95. The molecule has 0 N–H and O–H groups in total. The molecule has 3 aromatic heterocycles. The Morgan fingerprint density at radius 1 is 1.48 bits per heavy atom. The van der Waals surface area contributed by atoms with E-state index in [0.717, 1.165) is 21.8 Å². The van der Waals surface area contributed by atoms with Crippen LogP contribution in [0.3, 0.4) is 0 Å². The molecule has 0 aliphatic heterocycles. The monoisotopic (exact) mass is 329 g/mol. The third-order valence-electron chi connectivity index (χ3n) is 4.11. The van der Waals surface area contributed by atoms with Gasteiger partial charge in [-0.2, -0.15) is 14.3 Å². The molecule has 118 valence electrons. The molecule has 0 bridgehead atoms. The first kappa shape index (κ1) is 14.3. The van der Waals surface area contributed by atoms with E-state index in [1.54, 1.807) is 18.3 Å². The van der Waals surface area contributed by atoms with Gasteiger partial charge in [0.1, 0.15) is 11.0 Å². The van der Waals surface area contributed by atoms with Crippen molar-refractivity contribution in [2.24, 2.45) is 0 Å². The molecule has 0 unspecified atom stereocenters. The average molecular weight is 330 g/mol. The van der Waals surface area contributed by atoms with Crippen LogP contribution in [-0.2, 0) is 6.54 Å². The summed E-state index contributed by atoms with van der Waals surface area (Å²) < 4.78 is 2.63. The number of pyridine rings is 1. The summed E-state index contributed by atoms with van der Waals surface area (Å²) >= 11 is 6.22. The number of aromatic nitrogens is 4. The van der Waals surface area contributed by atoms with Gasteiger partial charge in [0.25, 0.3) is 0 Å². The summed E-state index contributed by atoms with van der Waals surface area (Å²) in [5.41, 5.74) is 2.91. The highest BCUT2D eigenvalue weighted by atomic mass is 35.5. The minimum Gasteiger partial charge on any atom is -0.619 e. The lowest BCUT2D eigenvalue weighted by Crippen LogP contribution is -2.27. The fourth-order valence-corrected chi connectivity index (χ4v) is 3.02. The number of anilines is 1. The Kier molecular flexibility index (Phi) is 3.34. The van der Waals surface area contributed by atoms with Gasteiger partial charge in [0.15, 0.2) is 18.0 Å². The highest BCUT2D eigenvalue weighted by Gasteiger charge is 2.28. The summed E-state index contributed by atoms with van der Waals surface area (Å²) in [6.07, 6.45) is 7.31. The molecule has 1 saturated carbocycles. The molecule has 0 spiro atoms. The Bertz CT molecular complexity index is 874. The minimum atomic E-state index is 0.453. The van der Waals surface area contributed by atoms with E-state index in [-0.39, 0.29) is 0 Å². The van der Waals surface area contributed by atoms with E-state index < -0.39 is 0 Å². The van der Waals surface area contributed by atoms with E-state index in [9.17, 15) is 5.21 Å². The van der Waals surface area contributed by atoms with Gasteiger partial charge in [0, 0.05) is 36.9 Å². The van der Waals surface area contributed by atoms with Crippen molar-refractivity contribution in [3.63, 3.8) is 0 Å². The van der Waals surface area contributed by atoms with E-state index in [1.807, 2.05) is 28.7 Å². The largest absolute Gasteiger partial charge is 0.619 e. The summed E-state index contributed by atoms with van der Waals surface area (Å²) in [6.45, 7) is 0.581. The van der Waals surface area contributed by atoms with Crippen molar-refractivity contribution in [2.75, 3.05) is 11.9 Å². The van der Waals surface area contributed by atoms with E-state index in [4.69, 9.17) is 11.6 Å². The van der Waals surface area contributed by atoms with E-state index in [1.165, 1.54) is 24.6 Å². The van der Waals surface area contributed by atoms with Crippen LogP contribution in [0.2, 0.25) is 5.15 Å². The molecule has 0 saturated heterocycles. The molecule has 0 radical (unpaired) electrons. The lowest BCUT2D eigenvalue weighted by molar-refractivity contribution is -0.605. The van der Waals surface area contributed by atoms with Crippen LogP contribution in [0.1, 0.15) is 29.9 Å². The van der Waals surface area contributed by atoms with Crippen molar-refractivity contribution in [1.82, 2.24) is 14.6 Å². The molecule has 3 heterocycles. The highest BCUT2D eigenvalue weighted by Crippen LogP contribution is 2.42. The molecule has 4 rings (SSSR count). The Morgan fingerprint density at radius 3 is 3.04 bits per heavy atom. The predicted molar refractivity (Wildman–Crippen MR) is 87.5 cm³/mol. The Labute approximate surface area is 138 Å². The Balaban J connectivity index is 1.72. The zero-order chi connectivity index (χ0) is 16.0. The standard InChI is InChI=1S/C16H16ClN5O/c1-20(9-11-3-2-6-21(23)10-11)15-7-14(17)19-16-13(12-4-5-12)8-18-22(15)16/h2-3,6-8,10,12H,4-5,9H2,1H3. The fourth-order valence-electron chi connectivity index (χ4n) is 2.84. The summed E-state index contributed by atoms with van der Waals surface area (Å²) in [6, 6.07) is 5.46. The molecule has 0 aromatic carbocycles. The lowest BCUT2D eigenvalue weighted by atomic mass is 10.2. The van der Waals surface area contributed by atoms with Crippen molar-refractivity contribution in [1.29, 1.82) is 0 Å².